The predicted octanol–water partition coefficient (Wildman–Crippen LogP) is 0.762. The van der Waals surface area contributed by atoms with Gasteiger partial charge >= 0.3 is 0 Å². The van der Waals surface area contributed by atoms with Gasteiger partial charge in [-0.2, -0.15) is 10.2 Å². The molecule has 0 aromatic rings. The van der Waals surface area contributed by atoms with E-state index in [0.29, 0.717) is 6.67 Å². The van der Waals surface area contributed by atoms with Crippen molar-refractivity contribution in [1.29, 1.82) is 0 Å². The fraction of sp³-hybridized carbons (Fsp3) is 0.333. The molecule has 0 aliphatic heterocycles. The lowest BCUT2D eigenvalue weighted by atomic mass is 10.7. The lowest BCUT2D eigenvalue weighted by Gasteiger charge is -1.84. The molecule has 0 bridgehead atoms. The first-order valence-electron chi connectivity index (χ1n) is 2.51. The van der Waals surface area contributed by atoms with Crippen molar-refractivity contribution in [1.82, 2.24) is 5.32 Å². The summed E-state index contributed by atoms with van der Waals surface area (Å²) < 4.78 is 0. The zero-order valence-corrected chi connectivity index (χ0v) is 5.39. The Bertz CT molecular complexity index is 149. The molecule has 0 atom stereocenters. The van der Waals surface area contributed by atoms with Crippen LogP contribution in [0.25, 0.3) is 0 Å². The van der Waals surface area contributed by atoms with Crippen LogP contribution in [-0.4, -0.2) is 13.7 Å². The SMILES string of the molecule is C=CC#CNCN=NC. The van der Waals surface area contributed by atoms with E-state index in [1.807, 2.05) is 0 Å². The second-order valence-corrected chi connectivity index (χ2v) is 1.15. The molecular formula is C6H9N3. The molecule has 3 nitrogen and oxygen atoms in total. The number of allylic oxidation sites excluding steroid dienone is 1. The Balaban J connectivity index is 3.18. The van der Waals surface area contributed by atoms with Crippen molar-refractivity contribution >= 4 is 0 Å². The Labute approximate surface area is 54.9 Å². The molecular weight excluding hydrogens is 114 g/mol. The van der Waals surface area contributed by atoms with Crippen molar-refractivity contribution in [3.8, 4) is 12.0 Å². The van der Waals surface area contributed by atoms with Gasteiger partial charge in [-0.15, -0.1) is 0 Å². The quantitative estimate of drug-likeness (QED) is 0.250. The molecule has 0 aliphatic carbocycles. The number of hydrogen-bond acceptors (Lipinski definition) is 3. The molecule has 0 unspecified atom stereocenters. The molecule has 0 saturated heterocycles. The summed E-state index contributed by atoms with van der Waals surface area (Å²) in [4.78, 5) is 0. The van der Waals surface area contributed by atoms with Gasteiger partial charge in [0.15, 0.2) is 0 Å². The van der Waals surface area contributed by atoms with Gasteiger partial charge in [-0.25, -0.2) is 0 Å². The van der Waals surface area contributed by atoms with E-state index in [0.717, 1.165) is 0 Å². The summed E-state index contributed by atoms with van der Waals surface area (Å²) in [5, 5.41) is 9.82. The smallest absolute Gasteiger partial charge is 0.135 e. The topological polar surface area (TPSA) is 36.8 Å². The van der Waals surface area contributed by atoms with E-state index in [2.05, 4.69) is 34.1 Å². The highest BCUT2D eigenvalue weighted by Gasteiger charge is 1.66. The Kier molecular flexibility index (Phi) is 5.73. The average molecular weight is 123 g/mol. The van der Waals surface area contributed by atoms with Crippen molar-refractivity contribution < 1.29 is 0 Å². The van der Waals surface area contributed by atoms with Gasteiger partial charge in [-0.05, 0) is 6.08 Å². The number of rotatable bonds is 2. The minimum Gasteiger partial charge on any atom is -0.324 e. The van der Waals surface area contributed by atoms with E-state index in [1.165, 1.54) is 6.08 Å². The van der Waals surface area contributed by atoms with Crippen LogP contribution >= 0.6 is 0 Å². The third-order valence-electron chi connectivity index (χ3n) is 0.554. The molecule has 0 aromatic heterocycles. The molecule has 0 saturated carbocycles. The molecule has 9 heavy (non-hydrogen) atoms. The van der Waals surface area contributed by atoms with E-state index in [4.69, 9.17) is 0 Å². The monoisotopic (exact) mass is 123 g/mol. The third-order valence-corrected chi connectivity index (χ3v) is 0.554. The van der Waals surface area contributed by atoms with Crippen LogP contribution in [0.1, 0.15) is 0 Å². The minimum atomic E-state index is 0.442. The largest absolute Gasteiger partial charge is 0.324 e. The zero-order chi connectivity index (χ0) is 6.95. The van der Waals surface area contributed by atoms with Crippen LogP contribution in [0.5, 0.6) is 0 Å². The van der Waals surface area contributed by atoms with E-state index in [9.17, 15) is 0 Å². The Hall–Kier alpha value is -1.30. The second-order valence-electron chi connectivity index (χ2n) is 1.15. The summed E-state index contributed by atoms with van der Waals surface area (Å²) in [5.74, 6) is 2.61. The van der Waals surface area contributed by atoms with Gasteiger partial charge in [-0.3, -0.25) is 0 Å². The van der Waals surface area contributed by atoms with Crippen LogP contribution in [0.15, 0.2) is 22.9 Å². The summed E-state index contributed by atoms with van der Waals surface area (Å²) in [5.41, 5.74) is 0. The number of hydrogen-bond donors (Lipinski definition) is 1. The molecule has 0 aromatic carbocycles. The van der Waals surface area contributed by atoms with Crippen LogP contribution in [0, 0.1) is 12.0 Å². The molecule has 0 spiro atoms. The van der Waals surface area contributed by atoms with E-state index in [1.54, 1.807) is 7.05 Å². The first-order chi connectivity index (χ1) is 4.41. The van der Waals surface area contributed by atoms with Crippen LogP contribution < -0.4 is 5.32 Å². The van der Waals surface area contributed by atoms with Crippen LogP contribution in [0.3, 0.4) is 0 Å². The first-order valence-corrected chi connectivity index (χ1v) is 2.51. The zero-order valence-electron chi connectivity index (χ0n) is 5.39. The maximum absolute atomic E-state index is 3.62. The summed E-state index contributed by atoms with van der Waals surface area (Å²) in [6.07, 6.45) is 1.51. The fourth-order valence-corrected chi connectivity index (χ4v) is 0.248. The molecule has 48 valence electrons. The molecule has 0 rings (SSSR count). The molecule has 0 radical (unpaired) electrons. The number of nitrogens with one attached hydrogen (secondary N) is 1. The van der Waals surface area contributed by atoms with Crippen LogP contribution in [0.4, 0.5) is 0 Å². The van der Waals surface area contributed by atoms with Gasteiger partial charge in [-0.1, -0.05) is 12.5 Å². The minimum absolute atomic E-state index is 0.442. The van der Waals surface area contributed by atoms with Gasteiger partial charge in [0.1, 0.15) is 6.67 Å². The lowest BCUT2D eigenvalue weighted by molar-refractivity contribution is 0.844. The predicted molar refractivity (Wildman–Crippen MR) is 36.8 cm³/mol. The summed E-state index contributed by atoms with van der Waals surface area (Å²) in [6.45, 7) is 3.85. The van der Waals surface area contributed by atoms with Gasteiger partial charge < -0.3 is 5.32 Å². The van der Waals surface area contributed by atoms with Crippen LogP contribution in [0.2, 0.25) is 0 Å². The summed E-state index contributed by atoms with van der Waals surface area (Å²) in [7, 11) is 1.61. The van der Waals surface area contributed by atoms with E-state index in [-0.39, 0.29) is 0 Å². The normalized spacial score (nSPS) is 8.11. The average Bonchev–Trinajstić information content (AvgIpc) is 1.89. The third kappa shape index (κ3) is 6.70. The van der Waals surface area contributed by atoms with Gasteiger partial charge in [0, 0.05) is 13.1 Å². The highest BCUT2D eigenvalue weighted by atomic mass is 15.1. The van der Waals surface area contributed by atoms with Gasteiger partial charge in [0.25, 0.3) is 0 Å². The number of azo groups is 1. The maximum atomic E-state index is 3.62. The Morgan fingerprint density at radius 2 is 2.56 bits per heavy atom. The van der Waals surface area contributed by atoms with Crippen molar-refractivity contribution in [2.75, 3.05) is 13.7 Å². The summed E-state index contributed by atoms with van der Waals surface area (Å²) in [6, 6.07) is 2.60. The highest BCUT2D eigenvalue weighted by molar-refractivity contribution is 5.10. The molecule has 0 fully saturated rings. The first kappa shape index (κ1) is 7.70. The second kappa shape index (κ2) is 6.70. The van der Waals surface area contributed by atoms with Gasteiger partial charge in [0.2, 0.25) is 0 Å². The Morgan fingerprint density at radius 1 is 1.78 bits per heavy atom. The molecule has 3 heteroatoms. The lowest BCUT2D eigenvalue weighted by Crippen LogP contribution is -2.03. The number of nitrogens with zero attached hydrogens (tertiary/aromatic N) is 2. The van der Waals surface area contributed by atoms with E-state index < -0.39 is 0 Å². The fourth-order valence-electron chi connectivity index (χ4n) is 0.248. The summed E-state index contributed by atoms with van der Waals surface area (Å²) >= 11 is 0. The molecule has 0 heterocycles. The molecule has 0 amide bonds. The van der Waals surface area contributed by atoms with Crippen molar-refractivity contribution in [2.45, 2.75) is 0 Å². The van der Waals surface area contributed by atoms with E-state index >= 15 is 0 Å². The van der Waals surface area contributed by atoms with Crippen LogP contribution in [-0.2, 0) is 0 Å². The van der Waals surface area contributed by atoms with Crippen molar-refractivity contribution in [3.05, 3.63) is 12.7 Å². The van der Waals surface area contributed by atoms with Gasteiger partial charge in [0.05, 0.1) is 0 Å². The Morgan fingerprint density at radius 3 is 3.11 bits per heavy atom. The standard InChI is InChI=1S/C6H9N3/c1-3-4-5-8-6-9-7-2/h3,8H,1,6H2,2H3. The van der Waals surface area contributed by atoms with Crippen molar-refractivity contribution in [2.24, 2.45) is 10.2 Å². The maximum Gasteiger partial charge on any atom is 0.135 e. The highest BCUT2D eigenvalue weighted by Crippen LogP contribution is 1.63. The molecule has 1 N–H and O–H groups in total. The van der Waals surface area contributed by atoms with Crippen molar-refractivity contribution in [3.63, 3.8) is 0 Å². The molecule has 0 aliphatic rings.